The molecule has 1 aromatic carbocycles. The average Bonchev–Trinajstić information content (AvgIpc) is 2.37. The molecule has 0 saturated heterocycles. The van der Waals surface area contributed by atoms with Crippen LogP contribution >= 0.6 is 0 Å². The van der Waals surface area contributed by atoms with Crippen LogP contribution < -0.4 is 0 Å². The molecule has 2 rings (SSSR count). The first kappa shape index (κ1) is 12.9. The average molecular weight is 252 g/mol. The molecule has 0 aromatic heterocycles. The minimum atomic E-state index is -1.37. The molecule has 0 nitrogen and oxygen atoms in total. The lowest BCUT2D eigenvalue weighted by atomic mass is 9.99. The van der Waals surface area contributed by atoms with Gasteiger partial charge in [0, 0.05) is 10.6 Å². The Hall–Kier alpha value is -1.52. The summed E-state index contributed by atoms with van der Waals surface area (Å²) in [6.45, 7) is 7.20. The highest BCUT2D eigenvalue weighted by atomic mass is 28.3. The van der Waals surface area contributed by atoms with Crippen LogP contribution in [0.5, 0.6) is 0 Å². The number of benzene rings is 1. The van der Waals surface area contributed by atoms with Gasteiger partial charge in [-0.2, -0.15) is 0 Å². The molecule has 1 aliphatic rings. The van der Waals surface area contributed by atoms with E-state index < -0.39 is 8.07 Å². The molecule has 0 radical (unpaired) electrons. The minimum Gasteiger partial charge on any atom is -0.0899 e. The molecule has 0 aliphatic heterocycles. The van der Waals surface area contributed by atoms with E-state index in [1.54, 1.807) is 0 Å². The van der Waals surface area contributed by atoms with E-state index in [0.29, 0.717) is 0 Å². The Balaban J connectivity index is 2.37. The Morgan fingerprint density at radius 1 is 1.06 bits per heavy atom. The van der Waals surface area contributed by atoms with E-state index in [9.17, 15) is 0 Å². The maximum Gasteiger partial charge on any atom is 0.0704 e. The lowest BCUT2D eigenvalue weighted by molar-refractivity contribution is 0.833. The van der Waals surface area contributed by atoms with Crippen molar-refractivity contribution in [3.8, 4) is 11.8 Å². The van der Waals surface area contributed by atoms with Gasteiger partial charge in [0.25, 0.3) is 0 Å². The molecule has 1 aromatic rings. The number of allylic oxidation sites excluding steroid dienone is 4. The van der Waals surface area contributed by atoms with Crippen LogP contribution in [0.2, 0.25) is 24.7 Å². The second-order valence-corrected chi connectivity index (χ2v) is 11.2. The zero-order chi connectivity index (χ0) is 13.1. The van der Waals surface area contributed by atoms with Crippen molar-refractivity contribution in [2.45, 2.75) is 31.1 Å². The van der Waals surface area contributed by atoms with Crippen molar-refractivity contribution in [3.63, 3.8) is 0 Å². The van der Waals surface area contributed by atoms with Crippen LogP contribution in [0.4, 0.5) is 0 Å². The molecule has 0 saturated carbocycles. The van der Waals surface area contributed by atoms with Crippen LogP contribution in [-0.2, 0) is 0 Å². The number of hydrogen-bond acceptors (Lipinski definition) is 0. The molecule has 1 aliphatic carbocycles. The van der Waals surface area contributed by atoms with Gasteiger partial charge in [0.05, 0.1) is 8.07 Å². The molecule has 0 amide bonds. The summed E-state index contributed by atoms with van der Waals surface area (Å²) in [5, 5.41) is 0.0809. The van der Waals surface area contributed by atoms with E-state index in [2.05, 4.69) is 67.9 Å². The van der Waals surface area contributed by atoms with Crippen LogP contribution in [0.3, 0.4) is 0 Å². The third-order valence-corrected chi connectivity index (χ3v) is 6.78. The molecule has 0 bridgehead atoms. The number of rotatable bonds is 1. The van der Waals surface area contributed by atoms with Crippen LogP contribution in [-0.4, -0.2) is 8.07 Å². The molecule has 1 atom stereocenters. The van der Waals surface area contributed by atoms with Crippen molar-refractivity contribution in [2.24, 2.45) is 0 Å². The molecule has 18 heavy (non-hydrogen) atoms. The lowest BCUT2D eigenvalue weighted by Crippen LogP contribution is -2.37. The first-order valence-electron chi connectivity index (χ1n) is 6.46. The maximum absolute atomic E-state index is 3.57. The smallest absolute Gasteiger partial charge is 0.0704 e. The Morgan fingerprint density at radius 2 is 1.78 bits per heavy atom. The fraction of sp³-hybridized carbons (Fsp3) is 0.294. The Morgan fingerprint density at radius 3 is 2.33 bits per heavy atom. The van der Waals surface area contributed by atoms with Gasteiger partial charge < -0.3 is 0 Å². The highest BCUT2D eigenvalue weighted by Gasteiger charge is 2.39. The first-order valence-corrected chi connectivity index (χ1v) is 9.96. The van der Waals surface area contributed by atoms with Gasteiger partial charge in [0.2, 0.25) is 0 Å². The molecule has 0 spiro atoms. The quantitative estimate of drug-likeness (QED) is 0.505. The minimum absolute atomic E-state index is 0.0809. The van der Waals surface area contributed by atoms with Crippen molar-refractivity contribution < 1.29 is 0 Å². The summed E-state index contributed by atoms with van der Waals surface area (Å²) in [7, 11) is -1.37. The third-order valence-electron chi connectivity index (χ3n) is 3.61. The van der Waals surface area contributed by atoms with Crippen LogP contribution in [0, 0.1) is 11.8 Å². The fourth-order valence-electron chi connectivity index (χ4n) is 2.16. The highest BCUT2D eigenvalue weighted by Crippen LogP contribution is 2.44. The molecular formula is C17H20Si. The summed E-state index contributed by atoms with van der Waals surface area (Å²) in [5.74, 6) is 6.93. The Kier molecular flexibility index (Phi) is 3.59. The van der Waals surface area contributed by atoms with Crippen LogP contribution in [0.15, 0.2) is 54.6 Å². The maximum atomic E-state index is 3.57. The fourth-order valence-corrected chi connectivity index (χ4v) is 3.93. The largest absolute Gasteiger partial charge is 0.0899 e. The van der Waals surface area contributed by atoms with Gasteiger partial charge in [-0.1, -0.05) is 74.0 Å². The highest BCUT2D eigenvalue weighted by molar-refractivity contribution is 6.80. The molecule has 0 heterocycles. The van der Waals surface area contributed by atoms with Crippen molar-refractivity contribution in [1.29, 1.82) is 0 Å². The summed E-state index contributed by atoms with van der Waals surface area (Å²) in [6.07, 6.45) is 9.90. The summed E-state index contributed by atoms with van der Waals surface area (Å²) >= 11 is 0. The van der Waals surface area contributed by atoms with E-state index in [4.69, 9.17) is 0 Å². The summed E-state index contributed by atoms with van der Waals surface area (Å²) < 4.78 is 0. The van der Waals surface area contributed by atoms with Crippen molar-refractivity contribution >= 4 is 8.07 Å². The Bertz CT molecular complexity index is 520. The summed E-state index contributed by atoms with van der Waals surface area (Å²) in [5.41, 5.74) is 1.11. The van der Waals surface area contributed by atoms with Crippen LogP contribution in [0.1, 0.15) is 12.0 Å². The second-order valence-electron chi connectivity index (χ2n) is 5.83. The van der Waals surface area contributed by atoms with Gasteiger partial charge in [0.1, 0.15) is 0 Å². The van der Waals surface area contributed by atoms with Gasteiger partial charge in [-0.05, 0) is 18.6 Å². The van der Waals surface area contributed by atoms with Gasteiger partial charge in [-0.25, -0.2) is 0 Å². The van der Waals surface area contributed by atoms with Crippen LogP contribution in [0.25, 0.3) is 0 Å². The zero-order valence-corrected chi connectivity index (χ0v) is 12.4. The number of hydrogen-bond donors (Lipinski definition) is 0. The lowest BCUT2D eigenvalue weighted by Gasteiger charge is -2.37. The Labute approximate surface area is 111 Å². The van der Waals surface area contributed by atoms with Gasteiger partial charge >= 0.3 is 0 Å². The normalized spacial score (nSPS) is 22.4. The molecule has 1 unspecified atom stereocenters. The van der Waals surface area contributed by atoms with Crippen molar-refractivity contribution in [3.05, 3.63) is 60.2 Å². The van der Waals surface area contributed by atoms with E-state index in [-0.39, 0.29) is 5.04 Å². The topological polar surface area (TPSA) is 0 Å². The van der Waals surface area contributed by atoms with Crippen molar-refractivity contribution in [1.82, 2.24) is 0 Å². The van der Waals surface area contributed by atoms with E-state index in [1.807, 2.05) is 18.2 Å². The zero-order valence-electron chi connectivity index (χ0n) is 11.4. The summed E-state index contributed by atoms with van der Waals surface area (Å²) in [6, 6.07) is 10.3. The SMILES string of the molecule is C[Si](C)(C)C1(C#Cc2ccccc2)C=CC=CC1. The second kappa shape index (κ2) is 5.00. The molecule has 0 fully saturated rings. The molecule has 92 valence electrons. The van der Waals surface area contributed by atoms with Gasteiger partial charge in [-0.15, -0.1) is 0 Å². The van der Waals surface area contributed by atoms with E-state index in [0.717, 1.165) is 12.0 Å². The predicted octanol–water partition coefficient (Wildman–Crippen LogP) is 4.63. The third kappa shape index (κ3) is 2.65. The molecular weight excluding hydrogens is 232 g/mol. The van der Waals surface area contributed by atoms with E-state index >= 15 is 0 Å². The van der Waals surface area contributed by atoms with E-state index in [1.165, 1.54) is 0 Å². The molecule has 0 N–H and O–H groups in total. The van der Waals surface area contributed by atoms with Crippen molar-refractivity contribution in [2.75, 3.05) is 0 Å². The first-order chi connectivity index (χ1) is 8.54. The van der Waals surface area contributed by atoms with Gasteiger partial charge in [-0.3, -0.25) is 0 Å². The summed E-state index contributed by atoms with van der Waals surface area (Å²) in [4.78, 5) is 0. The molecule has 1 heteroatoms. The standard InChI is InChI=1S/C17H20Si/c1-18(2,3)17(13-8-5-9-14-17)15-12-16-10-6-4-7-11-16/h4-11,13H,14H2,1-3H3. The monoisotopic (exact) mass is 252 g/mol. The predicted molar refractivity (Wildman–Crippen MR) is 82.3 cm³/mol. The van der Waals surface area contributed by atoms with Gasteiger partial charge in [0.15, 0.2) is 0 Å².